The fourth-order valence-electron chi connectivity index (χ4n) is 2.17. The van der Waals surface area contributed by atoms with Crippen LogP contribution in [0.2, 0.25) is 5.02 Å². The number of hydrogen-bond acceptors (Lipinski definition) is 6. The van der Waals surface area contributed by atoms with Crippen molar-refractivity contribution in [1.29, 1.82) is 5.26 Å². The molecule has 0 saturated carbocycles. The first-order chi connectivity index (χ1) is 12.5. The molecule has 0 fully saturated rings. The van der Waals surface area contributed by atoms with Crippen LogP contribution < -0.4 is 15.0 Å². The van der Waals surface area contributed by atoms with Crippen LogP contribution in [-0.2, 0) is 6.54 Å². The van der Waals surface area contributed by atoms with Gasteiger partial charge in [-0.2, -0.15) is 10.4 Å². The summed E-state index contributed by atoms with van der Waals surface area (Å²) in [5, 5.41) is 13.1. The maximum absolute atomic E-state index is 12.4. The SMILES string of the molecule is CCCCn1nc(C(=O)Oc2c(Cl)cc(C#N)cc2OCC)ccc1=O. The Morgan fingerprint density at radius 3 is 2.77 bits per heavy atom. The summed E-state index contributed by atoms with van der Waals surface area (Å²) in [7, 11) is 0. The molecule has 1 heterocycles. The third kappa shape index (κ3) is 4.61. The van der Waals surface area contributed by atoms with Gasteiger partial charge < -0.3 is 9.47 Å². The molecule has 0 amide bonds. The zero-order valence-corrected chi connectivity index (χ0v) is 15.2. The number of carbonyl (C=O) groups is 1. The van der Waals surface area contributed by atoms with Crippen LogP contribution in [0.3, 0.4) is 0 Å². The lowest BCUT2D eigenvalue weighted by atomic mass is 10.2. The Balaban J connectivity index is 2.33. The third-order valence-electron chi connectivity index (χ3n) is 3.43. The molecule has 0 radical (unpaired) electrons. The molecule has 7 nitrogen and oxygen atoms in total. The summed E-state index contributed by atoms with van der Waals surface area (Å²) in [6.45, 7) is 4.46. The number of nitriles is 1. The van der Waals surface area contributed by atoms with Crippen molar-refractivity contribution in [1.82, 2.24) is 9.78 Å². The normalized spacial score (nSPS) is 10.2. The summed E-state index contributed by atoms with van der Waals surface area (Å²) < 4.78 is 12.0. The second kappa shape index (κ2) is 9.02. The molecule has 0 atom stereocenters. The number of hydrogen-bond donors (Lipinski definition) is 0. The van der Waals surface area contributed by atoms with E-state index in [9.17, 15) is 9.59 Å². The fourth-order valence-corrected chi connectivity index (χ4v) is 2.41. The summed E-state index contributed by atoms with van der Waals surface area (Å²) in [4.78, 5) is 24.2. The number of esters is 1. The Bertz CT molecular complexity index is 902. The molecular formula is C18H18ClN3O4. The first-order valence-corrected chi connectivity index (χ1v) is 8.54. The second-order valence-electron chi connectivity index (χ2n) is 5.35. The molecular weight excluding hydrogens is 358 g/mol. The first-order valence-electron chi connectivity index (χ1n) is 8.16. The number of rotatable bonds is 7. The zero-order chi connectivity index (χ0) is 19.1. The van der Waals surface area contributed by atoms with Gasteiger partial charge >= 0.3 is 5.97 Å². The van der Waals surface area contributed by atoms with Crippen LogP contribution in [0.5, 0.6) is 11.5 Å². The van der Waals surface area contributed by atoms with Crippen molar-refractivity contribution in [2.24, 2.45) is 0 Å². The number of ether oxygens (including phenoxy) is 2. The maximum atomic E-state index is 12.4. The van der Waals surface area contributed by atoms with Crippen molar-refractivity contribution in [2.75, 3.05) is 6.61 Å². The topological polar surface area (TPSA) is 94.2 Å². The minimum absolute atomic E-state index is 0.00521. The van der Waals surface area contributed by atoms with Crippen LogP contribution in [-0.4, -0.2) is 22.4 Å². The average molecular weight is 376 g/mol. The first kappa shape index (κ1) is 19.5. The van der Waals surface area contributed by atoms with E-state index >= 15 is 0 Å². The van der Waals surface area contributed by atoms with E-state index in [1.54, 1.807) is 6.92 Å². The minimum Gasteiger partial charge on any atom is -0.490 e. The van der Waals surface area contributed by atoms with Gasteiger partial charge in [-0.25, -0.2) is 9.48 Å². The Labute approximate surface area is 155 Å². The molecule has 136 valence electrons. The number of nitrogens with zero attached hydrogens (tertiary/aromatic N) is 3. The van der Waals surface area contributed by atoms with Crippen molar-refractivity contribution < 1.29 is 14.3 Å². The predicted octanol–water partition coefficient (Wildman–Crippen LogP) is 3.19. The smallest absolute Gasteiger partial charge is 0.364 e. The number of carbonyl (C=O) groups excluding carboxylic acids is 1. The molecule has 0 unspecified atom stereocenters. The van der Waals surface area contributed by atoms with Gasteiger partial charge in [-0.15, -0.1) is 0 Å². The number of halogens is 1. The van der Waals surface area contributed by atoms with Crippen molar-refractivity contribution in [3.05, 3.63) is 50.9 Å². The zero-order valence-electron chi connectivity index (χ0n) is 14.5. The van der Waals surface area contributed by atoms with Crippen LogP contribution in [0.4, 0.5) is 0 Å². The van der Waals surface area contributed by atoms with Gasteiger partial charge in [0.1, 0.15) is 0 Å². The summed E-state index contributed by atoms with van der Waals surface area (Å²) in [6.07, 6.45) is 1.66. The highest BCUT2D eigenvalue weighted by Gasteiger charge is 2.19. The Morgan fingerprint density at radius 2 is 2.12 bits per heavy atom. The molecule has 0 aliphatic heterocycles. The van der Waals surface area contributed by atoms with Gasteiger partial charge in [0.2, 0.25) is 0 Å². The van der Waals surface area contributed by atoms with Gasteiger partial charge in [-0.05, 0) is 25.5 Å². The highest BCUT2D eigenvalue weighted by atomic mass is 35.5. The molecule has 0 aliphatic rings. The monoisotopic (exact) mass is 375 g/mol. The molecule has 26 heavy (non-hydrogen) atoms. The van der Waals surface area contributed by atoms with Gasteiger partial charge in [-0.1, -0.05) is 24.9 Å². The van der Waals surface area contributed by atoms with Crippen LogP contribution in [0, 0.1) is 11.3 Å². The minimum atomic E-state index is -0.775. The molecule has 2 aromatic rings. The van der Waals surface area contributed by atoms with Crippen LogP contribution in [0.15, 0.2) is 29.1 Å². The molecule has 2 rings (SSSR count). The summed E-state index contributed by atoms with van der Waals surface area (Å²) in [5.41, 5.74) is -0.0329. The maximum Gasteiger partial charge on any atom is 0.364 e. The van der Waals surface area contributed by atoms with E-state index in [2.05, 4.69) is 5.10 Å². The van der Waals surface area contributed by atoms with Crippen LogP contribution >= 0.6 is 11.6 Å². The van der Waals surface area contributed by atoms with E-state index in [0.29, 0.717) is 13.2 Å². The van der Waals surface area contributed by atoms with Crippen molar-refractivity contribution >= 4 is 17.6 Å². The van der Waals surface area contributed by atoms with E-state index in [0.717, 1.165) is 12.8 Å². The van der Waals surface area contributed by atoms with Gasteiger partial charge in [-0.3, -0.25) is 4.79 Å². The number of aromatic nitrogens is 2. The van der Waals surface area contributed by atoms with Crippen LogP contribution in [0.25, 0.3) is 0 Å². The lowest BCUT2D eigenvalue weighted by Gasteiger charge is -2.12. The highest BCUT2D eigenvalue weighted by molar-refractivity contribution is 6.32. The van der Waals surface area contributed by atoms with E-state index < -0.39 is 5.97 Å². The number of aryl methyl sites for hydroxylation is 1. The van der Waals surface area contributed by atoms with Crippen molar-refractivity contribution in [2.45, 2.75) is 33.2 Å². The molecule has 0 bridgehead atoms. The van der Waals surface area contributed by atoms with Crippen molar-refractivity contribution in [3.8, 4) is 17.6 Å². The number of benzene rings is 1. The largest absolute Gasteiger partial charge is 0.490 e. The molecule has 0 aliphatic carbocycles. The lowest BCUT2D eigenvalue weighted by molar-refractivity contribution is 0.0719. The molecule has 1 aromatic heterocycles. The van der Waals surface area contributed by atoms with Gasteiger partial charge in [0.25, 0.3) is 5.56 Å². The summed E-state index contributed by atoms with van der Waals surface area (Å²) in [5.74, 6) is -0.586. The van der Waals surface area contributed by atoms with E-state index in [4.69, 9.17) is 26.3 Å². The van der Waals surface area contributed by atoms with E-state index in [1.807, 2.05) is 13.0 Å². The van der Waals surface area contributed by atoms with Crippen molar-refractivity contribution in [3.63, 3.8) is 0 Å². The molecule has 0 saturated heterocycles. The lowest BCUT2D eigenvalue weighted by Crippen LogP contribution is -2.25. The Kier molecular flexibility index (Phi) is 6.75. The molecule has 8 heteroatoms. The summed E-state index contributed by atoms with van der Waals surface area (Å²) >= 11 is 6.12. The van der Waals surface area contributed by atoms with E-state index in [1.165, 1.54) is 28.9 Å². The standard InChI is InChI=1S/C18H18ClN3O4/c1-3-5-8-22-16(23)7-6-14(21-22)18(24)26-17-13(19)9-12(11-20)10-15(17)25-4-2/h6-7,9-10H,3-5,8H2,1-2H3. The second-order valence-corrected chi connectivity index (χ2v) is 5.76. The Morgan fingerprint density at radius 1 is 1.35 bits per heavy atom. The molecule has 1 aromatic carbocycles. The predicted molar refractivity (Wildman–Crippen MR) is 95.7 cm³/mol. The Hall–Kier alpha value is -2.85. The molecule has 0 spiro atoms. The quantitative estimate of drug-likeness (QED) is 0.545. The molecule has 0 N–H and O–H groups in total. The van der Waals surface area contributed by atoms with E-state index in [-0.39, 0.29) is 33.3 Å². The average Bonchev–Trinajstić information content (AvgIpc) is 2.63. The fraction of sp³-hybridized carbons (Fsp3) is 0.333. The van der Waals surface area contributed by atoms with Gasteiger partial charge in [0.05, 0.1) is 23.3 Å². The third-order valence-corrected chi connectivity index (χ3v) is 3.71. The highest BCUT2D eigenvalue weighted by Crippen LogP contribution is 2.37. The van der Waals surface area contributed by atoms with Crippen LogP contribution in [0.1, 0.15) is 42.7 Å². The van der Waals surface area contributed by atoms with Gasteiger partial charge in [0.15, 0.2) is 17.2 Å². The van der Waals surface area contributed by atoms with Gasteiger partial charge in [0, 0.05) is 18.7 Å². The summed E-state index contributed by atoms with van der Waals surface area (Å²) in [6, 6.07) is 7.34. The number of unbranched alkanes of at least 4 members (excludes halogenated alkanes) is 1.